The normalized spacial score (nSPS) is 8.50. The van der Waals surface area contributed by atoms with Gasteiger partial charge in [-0.1, -0.05) is 26.8 Å². The van der Waals surface area contributed by atoms with E-state index in [0.717, 1.165) is 23.0 Å². The lowest BCUT2D eigenvalue weighted by Crippen LogP contribution is -1.97. The van der Waals surface area contributed by atoms with Crippen LogP contribution >= 0.6 is 0 Å². The molecule has 0 unspecified atom stereocenters. The standard InChI is InChI=1S/C9H13NO2.C4H10.C2H2/c1-11-8-4-3-7(6-10)5-9(8)12-2;1-4(2)3;1-2/h3-5H,6,10H2,1-2H3;4H,1-3H3;1-2H. The number of benzene rings is 1. The number of terminal acetylenes is 1. The second kappa shape index (κ2) is 11.8. The Bertz CT molecular complexity index is 330. The minimum atomic E-state index is 0.514. The van der Waals surface area contributed by atoms with Crippen LogP contribution in [0.5, 0.6) is 11.5 Å². The van der Waals surface area contributed by atoms with Gasteiger partial charge in [0.1, 0.15) is 0 Å². The van der Waals surface area contributed by atoms with Crippen LogP contribution in [0.4, 0.5) is 0 Å². The van der Waals surface area contributed by atoms with Crippen LogP contribution in [0.15, 0.2) is 18.2 Å². The van der Waals surface area contributed by atoms with Gasteiger partial charge in [-0.15, -0.1) is 12.8 Å². The first-order chi connectivity index (χ1) is 8.54. The predicted octanol–water partition coefficient (Wildman–Crippen LogP) is 3.07. The second-order valence-electron chi connectivity index (χ2n) is 4.13. The van der Waals surface area contributed by atoms with E-state index < -0.39 is 0 Å². The van der Waals surface area contributed by atoms with Crippen LogP contribution in [0.3, 0.4) is 0 Å². The minimum Gasteiger partial charge on any atom is -0.493 e. The molecule has 0 atom stereocenters. The first-order valence-corrected chi connectivity index (χ1v) is 5.79. The van der Waals surface area contributed by atoms with E-state index in [0.29, 0.717) is 6.54 Å². The highest BCUT2D eigenvalue weighted by atomic mass is 16.5. The molecule has 2 N–H and O–H groups in total. The lowest BCUT2D eigenvalue weighted by molar-refractivity contribution is 0.354. The van der Waals surface area contributed by atoms with Crippen LogP contribution < -0.4 is 15.2 Å². The Hall–Kier alpha value is -1.66. The van der Waals surface area contributed by atoms with Gasteiger partial charge in [0.25, 0.3) is 0 Å². The summed E-state index contributed by atoms with van der Waals surface area (Å²) in [5, 5.41) is 0. The van der Waals surface area contributed by atoms with Crippen molar-refractivity contribution in [2.45, 2.75) is 27.3 Å². The SMILES string of the molecule is C#C.CC(C)C.COc1ccc(CN)cc1OC. The molecule has 1 rings (SSSR count). The van der Waals surface area contributed by atoms with Crippen molar-refractivity contribution in [3.05, 3.63) is 23.8 Å². The summed E-state index contributed by atoms with van der Waals surface area (Å²) in [7, 11) is 3.22. The number of hydrogen-bond donors (Lipinski definition) is 1. The summed E-state index contributed by atoms with van der Waals surface area (Å²) in [5.41, 5.74) is 6.50. The third-order valence-corrected chi connectivity index (χ3v) is 1.68. The van der Waals surface area contributed by atoms with Crippen molar-refractivity contribution in [3.63, 3.8) is 0 Å². The Labute approximate surface area is 111 Å². The third-order valence-electron chi connectivity index (χ3n) is 1.68. The lowest BCUT2D eigenvalue weighted by Gasteiger charge is -2.07. The Morgan fingerprint density at radius 1 is 1.06 bits per heavy atom. The highest BCUT2D eigenvalue weighted by molar-refractivity contribution is 5.42. The van der Waals surface area contributed by atoms with Gasteiger partial charge < -0.3 is 15.2 Å². The van der Waals surface area contributed by atoms with E-state index in [9.17, 15) is 0 Å². The van der Waals surface area contributed by atoms with Crippen molar-refractivity contribution >= 4 is 0 Å². The maximum Gasteiger partial charge on any atom is 0.161 e. The third kappa shape index (κ3) is 8.49. The fourth-order valence-electron chi connectivity index (χ4n) is 1.01. The zero-order valence-corrected chi connectivity index (χ0v) is 12.1. The van der Waals surface area contributed by atoms with Gasteiger partial charge in [0.15, 0.2) is 11.5 Å². The van der Waals surface area contributed by atoms with E-state index in [2.05, 4.69) is 33.6 Å². The van der Waals surface area contributed by atoms with E-state index in [1.807, 2.05) is 18.2 Å². The fraction of sp³-hybridized carbons (Fsp3) is 0.467. The summed E-state index contributed by atoms with van der Waals surface area (Å²) in [6.45, 7) is 7.01. The van der Waals surface area contributed by atoms with E-state index in [1.54, 1.807) is 14.2 Å². The molecule has 0 aliphatic rings. The zero-order chi connectivity index (χ0) is 14.6. The molecular weight excluding hydrogens is 226 g/mol. The van der Waals surface area contributed by atoms with Gasteiger partial charge >= 0.3 is 0 Å². The molecule has 0 amide bonds. The molecular formula is C15H25NO2. The summed E-state index contributed by atoms with van der Waals surface area (Å²) >= 11 is 0. The molecule has 3 heteroatoms. The Morgan fingerprint density at radius 2 is 1.50 bits per heavy atom. The summed E-state index contributed by atoms with van der Waals surface area (Å²) in [5.74, 6) is 2.29. The molecule has 18 heavy (non-hydrogen) atoms. The Balaban J connectivity index is 0. The quantitative estimate of drug-likeness (QED) is 0.840. The van der Waals surface area contributed by atoms with Gasteiger partial charge in [-0.05, 0) is 23.6 Å². The highest BCUT2D eigenvalue weighted by Crippen LogP contribution is 2.27. The molecule has 0 fully saturated rings. The van der Waals surface area contributed by atoms with Crippen LogP contribution in [0, 0.1) is 18.8 Å². The molecule has 1 aromatic rings. The maximum absolute atomic E-state index is 5.47. The Morgan fingerprint density at radius 3 is 1.83 bits per heavy atom. The van der Waals surface area contributed by atoms with Crippen molar-refractivity contribution in [2.24, 2.45) is 11.7 Å². The average molecular weight is 251 g/mol. The van der Waals surface area contributed by atoms with E-state index in [4.69, 9.17) is 15.2 Å². The molecule has 0 radical (unpaired) electrons. The maximum atomic E-state index is 5.47. The molecule has 0 bridgehead atoms. The van der Waals surface area contributed by atoms with E-state index in [-0.39, 0.29) is 0 Å². The zero-order valence-electron chi connectivity index (χ0n) is 12.1. The Kier molecular flexibility index (Phi) is 12.3. The van der Waals surface area contributed by atoms with E-state index >= 15 is 0 Å². The van der Waals surface area contributed by atoms with Gasteiger partial charge in [0.05, 0.1) is 14.2 Å². The van der Waals surface area contributed by atoms with Crippen LogP contribution in [0.25, 0.3) is 0 Å². The summed E-state index contributed by atoms with van der Waals surface area (Å²) in [6.07, 6.45) is 8.00. The summed E-state index contributed by atoms with van der Waals surface area (Å²) in [6, 6.07) is 5.64. The first-order valence-electron chi connectivity index (χ1n) is 5.79. The molecule has 0 saturated heterocycles. The van der Waals surface area contributed by atoms with E-state index in [1.165, 1.54) is 0 Å². The van der Waals surface area contributed by atoms with Crippen LogP contribution in [0.2, 0.25) is 0 Å². The summed E-state index contributed by atoms with van der Waals surface area (Å²) < 4.78 is 10.2. The van der Waals surface area contributed by atoms with Gasteiger partial charge in [-0.3, -0.25) is 0 Å². The predicted molar refractivity (Wildman–Crippen MR) is 77.8 cm³/mol. The van der Waals surface area contributed by atoms with Crippen molar-refractivity contribution in [2.75, 3.05) is 14.2 Å². The van der Waals surface area contributed by atoms with Crippen molar-refractivity contribution in [1.29, 1.82) is 0 Å². The monoisotopic (exact) mass is 251 g/mol. The lowest BCUT2D eigenvalue weighted by atomic mass is 10.2. The van der Waals surface area contributed by atoms with Crippen molar-refractivity contribution in [3.8, 4) is 24.3 Å². The van der Waals surface area contributed by atoms with Crippen molar-refractivity contribution < 1.29 is 9.47 Å². The molecule has 102 valence electrons. The number of rotatable bonds is 3. The van der Waals surface area contributed by atoms with Gasteiger partial charge in [-0.25, -0.2) is 0 Å². The van der Waals surface area contributed by atoms with Crippen LogP contribution in [-0.2, 0) is 6.54 Å². The van der Waals surface area contributed by atoms with Crippen LogP contribution in [-0.4, -0.2) is 14.2 Å². The van der Waals surface area contributed by atoms with Gasteiger partial charge in [-0.2, -0.15) is 0 Å². The second-order valence-corrected chi connectivity index (χ2v) is 4.13. The molecule has 3 nitrogen and oxygen atoms in total. The molecule has 0 heterocycles. The molecule has 0 spiro atoms. The highest BCUT2D eigenvalue weighted by Gasteiger charge is 2.02. The number of methoxy groups -OCH3 is 2. The molecule has 1 aromatic carbocycles. The smallest absolute Gasteiger partial charge is 0.161 e. The topological polar surface area (TPSA) is 44.5 Å². The first kappa shape index (κ1) is 18.7. The van der Waals surface area contributed by atoms with Gasteiger partial charge in [0.2, 0.25) is 0 Å². The molecule has 0 aromatic heterocycles. The number of ether oxygens (including phenoxy) is 2. The van der Waals surface area contributed by atoms with Gasteiger partial charge in [0, 0.05) is 6.54 Å². The average Bonchev–Trinajstić information content (AvgIpc) is 2.39. The molecule has 0 aliphatic carbocycles. The molecule has 0 saturated carbocycles. The number of hydrogen-bond acceptors (Lipinski definition) is 3. The largest absolute Gasteiger partial charge is 0.493 e. The van der Waals surface area contributed by atoms with Crippen LogP contribution in [0.1, 0.15) is 26.3 Å². The minimum absolute atomic E-state index is 0.514. The fourth-order valence-corrected chi connectivity index (χ4v) is 1.01. The number of nitrogens with two attached hydrogens (primary N) is 1. The molecule has 0 aliphatic heterocycles. The van der Waals surface area contributed by atoms with Crippen molar-refractivity contribution in [1.82, 2.24) is 0 Å². The summed E-state index contributed by atoms with van der Waals surface area (Å²) in [4.78, 5) is 0.